The summed E-state index contributed by atoms with van der Waals surface area (Å²) in [6.07, 6.45) is 0. The van der Waals surface area contributed by atoms with Crippen LogP contribution >= 0.6 is 0 Å². The van der Waals surface area contributed by atoms with Crippen molar-refractivity contribution in [2.45, 2.75) is 0 Å². The Hall–Kier alpha value is 0.320. The molecule has 0 spiro atoms. The molecule has 0 aliphatic carbocycles. The van der Waals surface area contributed by atoms with E-state index >= 15 is 0 Å². The van der Waals surface area contributed by atoms with Crippen molar-refractivity contribution >= 4 is 22.9 Å². The van der Waals surface area contributed by atoms with Crippen LogP contribution in [-0.4, -0.2) is 110 Å². The molecule has 0 rings (SSSR count). The van der Waals surface area contributed by atoms with Crippen LogP contribution in [0.15, 0.2) is 0 Å². The Morgan fingerprint density at radius 1 is 0.318 bits per heavy atom. The molecule has 0 amide bonds. The Bertz CT molecular complexity index is 182. The van der Waals surface area contributed by atoms with Gasteiger partial charge in [0.05, 0.1) is 0 Å². The van der Waals surface area contributed by atoms with E-state index in [1.165, 1.54) is 0 Å². The fraction of sp³-hybridized carbons (Fsp3) is 1.00. The molecule has 0 aliphatic rings. The highest BCUT2D eigenvalue weighted by Crippen LogP contribution is 2.05. The minimum Gasteiger partial charge on any atom is -1.00 e. The van der Waals surface area contributed by atoms with Crippen molar-refractivity contribution in [2.24, 2.45) is 0 Å². The molecule has 0 aromatic carbocycles. The molecule has 0 saturated heterocycles. The minimum absolute atomic E-state index is 0. The maximum absolute atomic E-state index is 2.19. The lowest BCUT2D eigenvalue weighted by Crippen LogP contribution is -3.00. The summed E-state index contributed by atoms with van der Waals surface area (Å²) in [6.45, 7) is 0. The van der Waals surface area contributed by atoms with Crippen molar-refractivity contribution in [3.63, 3.8) is 0 Å². The van der Waals surface area contributed by atoms with Gasteiger partial charge in [-0.15, -0.1) is 0 Å². The largest absolute Gasteiger partial charge is 1.00 e. The summed E-state index contributed by atoms with van der Waals surface area (Å²) >= 11 is 0.241. The third-order valence-electron chi connectivity index (χ3n) is 1.96. The maximum Gasteiger partial charge on any atom is 0.266 e. The molecule has 0 atom stereocenters. The van der Waals surface area contributed by atoms with Crippen LogP contribution in [0.1, 0.15) is 0 Å². The van der Waals surface area contributed by atoms with E-state index in [9.17, 15) is 0 Å². The van der Waals surface area contributed by atoms with Crippen molar-refractivity contribution < 1.29 is 9.41 Å². The summed E-state index contributed by atoms with van der Waals surface area (Å²) in [4.78, 5) is 0. The number of hydrogen-bond donors (Lipinski definition) is 0. The van der Waals surface area contributed by atoms with Gasteiger partial charge in [-0.3, -0.25) is 0 Å². The van der Waals surface area contributed by atoms with Gasteiger partial charge in [0.2, 0.25) is 0 Å². The summed E-state index contributed by atoms with van der Waals surface area (Å²) in [5.41, 5.74) is 0. The molecule has 140 valence electrons. The first-order valence-corrected chi connectivity index (χ1v) is 8.65. The van der Waals surface area contributed by atoms with Gasteiger partial charge in [0.1, 0.15) is 0 Å². The number of hydrogen-bond acceptors (Lipinski definition) is 6. The lowest BCUT2D eigenvalue weighted by Gasteiger charge is -2.20. The fourth-order valence-electron chi connectivity index (χ4n) is 1.96. The summed E-state index contributed by atoms with van der Waals surface area (Å²) in [7, 11) is 25.0. The van der Waals surface area contributed by atoms with Crippen LogP contribution in [0.4, 0.5) is 0 Å². The molecular weight excluding hydrogens is 330 g/mol. The van der Waals surface area contributed by atoms with E-state index in [2.05, 4.69) is 110 Å². The Kier molecular flexibility index (Phi) is 20.5. The van der Waals surface area contributed by atoms with E-state index in [0.29, 0.717) is 0 Å². The second-order valence-corrected chi connectivity index (χ2v) is 10.7. The Morgan fingerprint density at radius 2 is 0.409 bits per heavy atom. The van der Waals surface area contributed by atoms with Gasteiger partial charge in [-0.05, 0) is 0 Å². The van der Waals surface area contributed by atoms with E-state index in [1.54, 1.807) is 0 Å². The predicted molar refractivity (Wildman–Crippen MR) is 96.9 cm³/mol. The van der Waals surface area contributed by atoms with Gasteiger partial charge in [0.25, 0.3) is 22.9 Å². The van der Waals surface area contributed by atoms with Gasteiger partial charge < -0.3 is 9.41 Å². The van der Waals surface area contributed by atoms with Crippen molar-refractivity contribution in [1.29, 1.82) is 0 Å². The van der Waals surface area contributed by atoms with Crippen molar-refractivity contribution in [3.05, 3.63) is 0 Å². The molecule has 22 heavy (non-hydrogen) atoms. The summed E-state index contributed by atoms with van der Waals surface area (Å²) < 4.78 is 13.2. The van der Waals surface area contributed by atoms with Gasteiger partial charge in [-0.25, -0.2) is 0 Å². The van der Waals surface area contributed by atoms with Crippen LogP contribution in [0.25, 0.3) is 0 Å². The minimum atomic E-state index is 0. The molecule has 0 aromatic heterocycles. The Morgan fingerprint density at radius 3 is 0.409 bits per heavy atom. The quantitative estimate of drug-likeness (QED) is 0.433. The SMILES string of the molecule is CN(C)[S+](N(C)C)N(C)C.CN(C)[S+](N(C)C)N(C)C.[F-].[F-]. The van der Waals surface area contributed by atoms with Crippen LogP contribution in [0.3, 0.4) is 0 Å². The van der Waals surface area contributed by atoms with Crippen molar-refractivity contribution in [3.8, 4) is 0 Å². The first kappa shape index (κ1) is 30.2. The van der Waals surface area contributed by atoms with Gasteiger partial charge in [-0.2, -0.15) is 0 Å². The van der Waals surface area contributed by atoms with E-state index in [4.69, 9.17) is 0 Å². The second kappa shape index (κ2) is 14.9. The molecule has 6 nitrogen and oxygen atoms in total. The third-order valence-corrected chi connectivity index (χ3v) is 5.88. The average Bonchev–Trinajstić information content (AvgIpc) is 2.12. The van der Waals surface area contributed by atoms with E-state index in [1.807, 2.05) is 0 Å². The molecule has 10 heteroatoms. The number of rotatable bonds is 6. The second-order valence-electron chi connectivity index (χ2n) is 5.36. The van der Waals surface area contributed by atoms with Gasteiger partial charge in [-0.1, -0.05) is 25.8 Å². The van der Waals surface area contributed by atoms with Crippen molar-refractivity contribution in [2.75, 3.05) is 84.6 Å². The van der Waals surface area contributed by atoms with Crippen LogP contribution in [0.2, 0.25) is 0 Å². The van der Waals surface area contributed by atoms with Crippen LogP contribution < -0.4 is 9.41 Å². The first-order valence-electron chi connectivity index (χ1n) is 6.46. The van der Waals surface area contributed by atoms with Crippen LogP contribution in [0.5, 0.6) is 0 Å². The van der Waals surface area contributed by atoms with Gasteiger partial charge >= 0.3 is 0 Å². The monoisotopic (exact) mass is 366 g/mol. The van der Waals surface area contributed by atoms with Crippen LogP contribution in [-0.2, 0) is 22.9 Å². The van der Waals surface area contributed by atoms with E-state index in [-0.39, 0.29) is 32.3 Å². The molecular formula is C12H36F2N6S2. The molecule has 0 aliphatic heterocycles. The highest BCUT2D eigenvalue weighted by Gasteiger charge is 2.30. The molecule has 0 saturated carbocycles. The highest BCUT2D eigenvalue weighted by molar-refractivity contribution is 7.90. The smallest absolute Gasteiger partial charge is 0.266 e. The van der Waals surface area contributed by atoms with Crippen LogP contribution in [0, 0.1) is 0 Å². The summed E-state index contributed by atoms with van der Waals surface area (Å²) in [5, 5.41) is 0. The third kappa shape index (κ3) is 12.8. The average molecular weight is 367 g/mol. The number of halogens is 2. The zero-order valence-corrected chi connectivity index (χ0v) is 17.9. The number of nitrogens with zero attached hydrogens (tertiary/aromatic N) is 6. The predicted octanol–water partition coefficient (Wildman–Crippen LogP) is -5.92. The molecule has 0 N–H and O–H groups in total. The maximum atomic E-state index is 2.19. The summed E-state index contributed by atoms with van der Waals surface area (Å²) in [5.74, 6) is 0. The highest BCUT2D eigenvalue weighted by atomic mass is 32.2. The molecule has 0 radical (unpaired) electrons. The Balaban J connectivity index is -0.000000135. The fourth-order valence-corrected chi connectivity index (χ4v) is 5.88. The molecule has 0 bridgehead atoms. The zero-order chi connectivity index (χ0) is 16.6. The van der Waals surface area contributed by atoms with Gasteiger partial charge in [0.15, 0.2) is 0 Å². The molecule has 0 unspecified atom stereocenters. The van der Waals surface area contributed by atoms with Gasteiger partial charge in [0, 0.05) is 84.6 Å². The molecule has 0 fully saturated rings. The zero-order valence-electron chi connectivity index (χ0n) is 16.3. The normalized spacial score (nSPS) is 11.5. The standard InChI is InChI=1S/2C6H18N3S.2FH/c2*1-7(2)10(8(3)4)9(5)6;;/h2*1-6H3;2*1H/q2*+1;;/p-2. The van der Waals surface area contributed by atoms with E-state index in [0.717, 1.165) is 0 Å². The molecule has 0 aromatic rings. The topological polar surface area (TPSA) is 19.4 Å². The first-order chi connectivity index (χ1) is 8.93. The van der Waals surface area contributed by atoms with Crippen molar-refractivity contribution in [1.82, 2.24) is 25.8 Å². The van der Waals surface area contributed by atoms with E-state index < -0.39 is 0 Å². The Labute approximate surface area is 143 Å². The lowest BCUT2D eigenvalue weighted by molar-refractivity contribution is -0.001000. The molecule has 0 heterocycles. The lowest BCUT2D eigenvalue weighted by atomic mass is 11.2. The summed E-state index contributed by atoms with van der Waals surface area (Å²) in [6, 6.07) is 0.